The first kappa shape index (κ1) is 110. The number of carboxylic acids is 2. The van der Waals surface area contributed by atoms with Crippen molar-refractivity contribution < 1.29 is 116 Å². The number of aliphatic hydroxyl groups is 2. The Balaban J connectivity index is 0.889. The van der Waals surface area contributed by atoms with Crippen molar-refractivity contribution in [2.75, 3.05) is 51.3 Å². The predicted molar refractivity (Wildman–Crippen MR) is 545 cm³/mol. The number of Topliss-reactive ketones (excluding diaryl/α,β-unsaturated/α-hetero) is 5. The van der Waals surface area contributed by atoms with Crippen LogP contribution in [0.3, 0.4) is 0 Å². The highest BCUT2D eigenvalue weighted by molar-refractivity contribution is 8.76. The van der Waals surface area contributed by atoms with Gasteiger partial charge in [0.2, 0.25) is 76.8 Å². The average Bonchev–Trinajstić information content (AvgIpc) is 1.65. The molecule has 0 radical (unpaired) electrons. The number of likely N-dealkylation sites (N-methyl/N-ethyl adjacent to an activating group) is 1. The Morgan fingerprint density at radius 3 is 1.53 bits per heavy atom. The number of hydrogen-bond donors (Lipinski definition) is 18. The van der Waals surface area contributed by atoms with Gasteiger partial charge in [-0.1, -0.05) is 125 Å². The average molecular weight is 2070 g/mol. The zero-order valence-corrected chi connectivity index (χ0v) is 83.8. The zero-order chi connectivity index (χ0) is 106. The van der Waals surface area contributed by atoms with Crippen LogP contribution in [0.4, 0.5) is 0 Å². The number of H-pyrrole nitrogens is 4. The Labute approximate surface area is 858 Å². The number of carboxylic acid groups (broad SMARTS) is 2. The van der Waals surface area contributed by atoms with Crippen molar-refractivity contribution in [3.05, 3.63) is 180 Å². The lowest BCUT2D eigenvalue weighted by molar-refractivity contribution is -0.146. The first-order valence-electron chi connectivity index (χ1n) is 49.6. The first-order chi connectivity index (χ1) is 71.0. The van der Waals surface area contributed by atoms with Crippen molar-refractivity contribution in [2.45, 2.75) is 215 Å². The van der Waals surface area contributed by atoms with Crippen molar-refractivity contribution in [1.29, 1.82) is 0 Å². The van der Waals surface area contributed by atoms with Gasteiger partial charge in [-0.15, -0.1) is 0 Å². The molecule has 4 aromatic heterocycles. The number of benzene rings is 5. The number of fused-ring (bicyclic) bond motifs is 5. The zero-order valence-electron chi connectivity index (χ0n) is 82.2. The number of para-hydroxylation sites is 4. The fourth-order valence-corrected chi connectivity index (χ4v) is 22.3. The summed E-state index contributed by atoms with van der Waals surface area (Å²) in [7, 11) is 3.05. The Morgan fingerprint density at radius 1 is 0.500 bits per heavy atom. The molecule has 19 N–H and O–H groups in total. The third-order valence-corrected chi connectivity index (χ3v) is 30.3. The minimum absolute atomic E-state index is 0.0129. The van der Waals surface area contributed by atoms with Crippen LogP contribution in [0.1, 0.15) is 144 Å². The number of nitrogens with zero attached hydrogens (tertiary/aromatic N) is 3. The predicted octanol–water partition coefficient (Wildman–Crippen LogP) is 3.62. The van der Waals surface area contributed by atoms with Crippen molar-refractivity contribution >= 4 is 183 Å². The number of aromatic amines is 4. The summed E-state index contributed by atoms with van der Waals surface area (Å²) in [5.41, 5.74) is 10.7. The van der Waals surface area contributed by atoms with Gasteiger partial charge in [-0.2, -0.15) is 0 Å². The quantitative estimate of drug-likeness (QED) is 0.0249. The second kappa shape index (κ2) is 52.1. The Kier molecular flexibility index (Phi) is 38.9. The van der Waals surface area contributed by atoms with Gasteiger partial charge in [0.15, 0.2) is 28.9 Å². The molecule has 41 nitrogen and oxygen atoms in total. The molecule has 4 saturated heterocycles. The van der Waals surface area contributed by atoms with E-state index in [0.29, 0.717) is 77.8 Å². The number of carbonyl (C=O) groups excluding carboxylic acids is 18. The number of aromatic nitrogens is 4. The van der Waals surface area contributed by atoms with Gasteiger partial charge in [-0.25, -0.2) is 0 Å². The van der Waals surface area contributed by atoms with E-state index in [1.807, 2.05) is 0 Å². The maximum absolute atomic E-state index is 16.2. The minimum atomic E-state index is -1.89. The van der Waals surface area contributed by atoms with E-state index < -0.39 is 303 Å². The lowest BCUT2D eigenvalue weighted by atomic mass is 9.88. The number of aliphatic carboxylic acids is 2. The van der Waals surface area contributed by atoms with Crippen LogP contribution in [0, 0.1) is 29.6 Å². The summed E-state index contributed by atoms with van der Waals surface area (Å²) < 4.78 is 0. The van der Waals surface area contributed by atoms with Crippen LogP contribution in [0.5, 0.6) is 0 Å². The summed E-state index contributed by atoms with van der Waals surface area (Å²) in [6, 6.07) is 20.0. The maximum atomic E-state index is 16.2. The second-order valence-corrected chi connectivity index (χ2v) is 40.9. The molecule has 9 aromatic rings. The molecule has 43 heteroatoms. The molecule has 0 spiro atoms. The van der Waals surface area contributed by atoms with E-state index in [1.165, 1.54) is 30.7 Å². The Morgan fingerprint density at radius 2 is 0.980 bits per heavy atom. The third kappa shape index (κ3) is 29.0. The monoisotopic (exact) mass is 2070 g/mol. The number of amides is 13. The molecule has 0 unspecified atom stereocenters. The summed E-state index contributed by atoms with van der Waals surface area (Å²) in [5, 5.41) is 70.0. The number of rotatable bonds is 36. The topological polar surface area (TPSA) is 629 Å². The number of carbonyl (C=O) groups is 20. The fraction of sp³-hybridized carbons (Fsp3) is 0.448. The molecule has 0 bridgehead atoms. The van der Waals surface area contributed by atoms with Crippen molar-refractivity contribution in [3.8, 4) is 0 Å². The lowest BCUT2D eigenvalue weighted by Gasteiger charge is -2.32. The van der Waals surface area contributed by atoms with E-state index in [2.05, 4.69) is 67.8 Å². The summed E-state index contributed by atoms with van der Waals surface area (Å²) in [6.45, 7) is 0.508. The number of likely N-dealkylation sites (tertiary alicyclic amines) is 2. The van der Waals surface area contributed by atoms with Gasteiger partial charge in [0, 0.05) is 194 Å². The molecule has 0 saturated carbocycles. The van der Waals surface area contributed by atoms with Gasteiger partial charge in [0.05, 0.1) is 37.8 Å². The van der Waals surface area contributed by atoms with Crippen LogP contribution in [0.2, 0.25) is 0 Å². The number of nitrogens with two attached hydrogens (primary N) is 1. The van der Waals surface area contributed by atoms with Crippen LogP contribution in [-0.4, -0.2) is 291 Å². The molecule has 4 aliphatic rings. The molecule has 16 atom stereocenters. The Bertz CT molecular complexity index is 6440. The minimum Gasteiger partial charge on any atom is -0.481 e. The van der Waals surface area contributed by atoms with E-state index in [4.69, 9.17) is 5.73 Å². The lowest BCUT2D eigenvalue weighted by Crippen LogP contribution is -2.59. The standard InChI is InChI=1S/C105H125N17O24S2/c1-57(124)94-90(130)47-61(38-59-18-5-4-6-19-59)96(137)117-82(89(129)46-63(40-66-50-110-75-25-12-8-21-71(66)75)98(139)115-80(48-93(134)135)104(145)120-35-15-28-84(120)100(141)107-3)55-147-148-56-83(118-102(143)86-30-16-36-121(86)103(144)78(32-33-91(106)131)113-97(138)62(42-69(126)53-108-58(2)125)39-65-49-109-74-24-11-7-20-70(65)74)105(146)122-37-17-29-85(122)101(142)114-79(43-68-52-112-77-27-14-10-23-73(68)77)87(127)44-60(31-34-92(132)133)95(136)116-81(54-123)88(128)45-64(99(140)119-94)41-67-51-111-76-26-13-9-22-72(67)76/h4-14,18-27,49-52,57,60-64,78-86,94,109-112,123-124H,15-17,28-48,53-56H2,1-3H3,(H2,106,131)(H,107,141)(H,108,125)(H,113,138)(H,114,142)(H,115,139)(H,116,136)(H,117,137)(H,118,143)(H,119,140)(H,132,133)(H,134,135)/t57-,60+,61+,62+,63+,64+,78+,79+,80+,81+,82+,83+,84-,85-,86-,94+/m1/s1. The molecule has 786 valence electrons. The molecule has 0 aliphatic carbocycles. The SMILES string of the molecule is CNC(=O)[C@H]1CCCN1C(=O)[C@H](CC(=O)O)NC(=O)[C@H](CC(=O)[C@@H]1CSSC[C@H](NC(=O)[C@H]2CCCN2C(=O)[C@H](CCC(N)=O)NC(=O)[C@H](CC(=O)CNC(C)=O)Cc2c[nH]c3ccccc23)C(=O)N2CCC[C@@H]2C(=O)N[C@@H](Cc2c[nH]c3ccccc23)C(=O)C[C@H](CCC(=O)O)C(=O)N[C@@H](CO)C(=O)C[C@H](Cc2c[nH]c3ccccc23)C(=O)N[C@@H]([C@@H](C)O)C(=O)C[C@H](Cc2ccccc2)C(=O)N1)Cc1c[nH]c2ccccc12. The van der Waals surface area contributed by atoms with Crippen LogP contribution >= 0.6 is 21.6 Å². The molecule has 13 rings (SSSR count). The number of nitrogens with one attached hydrogen (secondary N) is 13. The normalized spacial score (nSPS) is 22.0. The molecule has 4 aliphatic heterocycles. The van der Waals surface area contributed by atoms with Crippen LogP contribution in [-0.2, 0) is 128 Å². The summed E-state index contributed by atoms with van der Waals surface area (Å²) >= 11 is 0. The fourth-order valence-electron chi connectivity index (χ4n) is 20.0. The summed E-state index contributed by atoms with van der Waals surface area (Å²) in [6.07, 6.45) is -2.75. The van der Waals surface area contributed by atoms with Gasteiger partial charge in [0.25, 0.3) is 0 Å². The first-order valence-corrected chi connectivity index (χ1v) is 52.1. The van der Waals surface area contributed by atoms with Crippen molar-refractivity contribution in [2.24, 2.45) is 35.3 Å². The number of ketones is 5. The van der Waals surface area contributed by atoms with Crippen LogP contribution < -0.4 is 53.6 Å². The van der Waals surface area contributed by atoms with E-state index in [0.717, 1.165) is 26.5 Å². The number of hydrogen-bond acceptors (Lipinski definition) is 24. The van der Waals surface area contributed by atoms with E-state index in [-0.39, 0.29) is 83.8 Å². The summed E-state index contributed by atoms with van der Waals surface area (Å²) in [5.74, 6) is -27.0. The third-order valence-electron chi connectivity index (χ3n) is 27.8. The van der Waals surface area contributed by atoms with Crippen molar-refractivity contribution in [1.82, 2.24) is 82.5 Å². The smallest absolute Gasteiger partial charge is 0.305 e. The molecule has 148 heavy (non-hydrogen) atoms. The Hall–Kier alpha value is -14.7. The molecular weight excluding hydrogens is 1950 g/mol. The van der Waals surface area contributed by atoms with Crippen LogP contribution in [0.15, 0.2) is 152 Å². The molecule has 13 amide bonds. The van der Waals surface area contributed by atoms with Gasteiger partial charge in [0.1, 0.15) is 48.3 Å². The molecule has 4 fully saturated rings. The molecular formula is C105H125N17O24S2. The van der Waals surface area contributed by atoms with Gasteiger partial charge in [-0.3, -0.25) is 95.9 Å². The highest BCUT2D eigenvalue weighted by Crippen LogP contribution is 2.34. The van der Waals surface area contributed by atoms with Crippen LogP contribution in [0.25, 0.3) is 43.6 Å². The largest absolute Gasteiger partial charge is 0.481 e. The highest BCUT2D eigenvalue weighted by atomic mass is 33.1. The summed E-state index contributed by atoms with van der Waals surface area (Å²) in [4.78, 5) is 310. The van der Waals surface area contributed by atoms with Crippen molar-refractivity contribution in [3.63, 3.8) is 0 Å². The van der Waals surface area contributed by atoms with E-state index in [9.17, 15) is 63.6 Å². The van der Waals surface area contributed by atoms with E-state index >= 15 is 52.7 Å². The number of aliphatic hydroxyl groups excluding tert-OH is 2. The van der Waals surface area contributed by atoms with Gasteiger partial charge < -0.3 is 109 Å². The molecule has 5 aromatic carbocycles. The van der Waals surface area contributed by atoms with Gasteiger partial charge in [-0.05, 0) is 136 Å². The second-order valence-electron chi connectivity index (χ2n) is 38.3. The maximum Gasteiger partial charge on any atom is 0.305 e. The van der Waals surface area contributed by atoms with E-state index in [1.54, 1.807) is 152 Å². The molecule has 8 heterocycles. The van der Waals surface area contributed by atoms with Gasteiger partial charge >= 0.3 is 11.9 Å². The number of primary amides is 1. The highest BCUT2D eigenvalue weighted by Gasteiger charge is 2.47.